The quantitative estimate of drug-likeness (QED) is 0.872. The Morgan fingerprint density at radius 1 is 1.23 bits per heavy atom. The highest BCUT2D eigenvalue weighted by Crippen LogP contribution is 2.37. The van der Waals surface area contributed by atoms with Gasteiger partial charge in [0.2, 0.25) is 0 Å². The summed E-state index contributed by atoms with van der Waals surface area (Å²) >= 11 is 0. The molecule has 1 aliphatic heterocycles. The van der Waals surface area contributed by atoms with Gasteiger partial charge < -0.3 is 9.42 Å². The molecule has 0 bridgehead atoms. The Kier molecular flexibility index (Phi) is 4.83. The molecule has 2 aromatic heterocycles. The molecular weight excluding hydrogens is 328 g/mol. The van der Waals surface area contributed by atoms with Crippen LogP contribution in [0.5, 0.6) is 0 Å². The van der Waals surface area contributed by atoms with Gasteiger partial charge in [0.1, 0.15) is 11.5 Å². The van der Waals surface area contributed by atoms with E-state index in [1.54, 1.807) is 6.20 Å². The number of nitrogens with one attached hydrogen (secondary N) is 1. The van der Waals surface area contributed by atoms with E-state index in [1.165, 1.54) is 19.3 Å². The molecule has 6 heteroatoms. The van der Waals surface area contributed by atoms with Crippen molar-refractivity contribution >= 4 is 5.91 Å². The third-order valence-corrected chi connectivity index (χ3v) is 5.88. The molecular formula is C20H28N4O2. The summed E-state index contributed by atoms with van der Waals surface area (Å²) in [6.45, 7) is 4.94. The van der Waals surface area contributed by atoms with Gasteiger partial charge in [-0.2, -0.15) is 5.10 Å². The minimum Gasteiger partial charge on any atom is -0.361 e. The van der Waals surface area contributed by atoms with Crippen molar-refractivity contribution in [3.63, 3.8) is 0 Å². The summed E-state index contributed by atoms with van der Waals surface area (Å²) in [5.41, 5.74) is 2.65. The maximum atomic E-state index is 13.3. The summed E-state index contributed by atoms with van der Waals surface area (Å²) in [4.78, 5) is 15.3. The summed E-state index contributed by atoms with van der Waals surface area (Å²) in [6.07, 6.45) is 9.71. The normalized spacial score (nSPS) is 21.7. The predicted molar refractivity (Wildman–Crippen MR) is 98.0 cm³/mol. The number of hydrogen-bond acceptors (Lipinski definition) is 4. The SMILES string of the molecule is CC(C)c1cc([C@H]2CCCN2C(=O)c2cn[nH]c2C2CCCCC2)no1. The molecule has 0 unspecified atom stereocenters. The van der Waals surface area contributed by atoms with Gasteiger partial charge in [-0.15, -0.1) is 0 Å². The fraction of sp³-hybridized carbons (Fsp3) is 0.650. The highest BCUT2D eigenvalue weighted by atomic mass is 16.5. The van der Waals surface area contributed by atoms with Crippen molar-refractivity contribution < 1.29 is 9.32 Å². The zero-order valence-electron chi connectivity index (χ0n) is 15.7. The Hall–Kier alpha value is -2.11. The zero-order valence-corrected chi connectivity index (χ0v) is 15.7. The number of aromatic amines is 1. The van der Waals surface area contributed by atoms with Gasteiger partial charge in [-0.25, -0.2) is 0 Å². The van der Waals surface area contributed by atoms with Crippen molar-refractivity contribution in [3.05, 3.63) is 35.0 Å². The fourth-order valence-corrected chi connectivity index (χ4v) is 4.37. The van der Waals surface area contributed by atoms with Gasteiger partial charge in [0.15, 0.2) is 0 Å². The van der Waals surface area contributed by atoms with Crippen LogP contribution in [0.2, 0.25) is 0 Å². The van der Waals surface area contributed by atoms with Crippen LogP contribution in [0.15, 0.2) is 16.8 Å². The van der Waals surface area contributed by atoms with Gasteiger partial charge in [-0.05, 0) is 25.7 Å². The predicted octanol–water partition coefficient (Wildman–Crippen LogP) is 4.55. The molecule has 1 atom stereocenters. The molecule has 1 saturated carbocycles. The maximum absolute atomic E-state index is 13.3. The molecule has 2 fully saturated rings. The van der Waals surface area contributed by atoms with E-state index in [4.69, 9.17) is 4.52 Å². The second kappa shape index (κ2) is 7.25. The van der Waals surface area contributed by atoms with Gasteiger partial charge in [0.05, 0.1) is 23.5 Å². The van der Waals surface area contributed by atoms with E-state index in [-0.39, 0.29) is 11.9 Å². The lowest BCUT2D eigenvalue weighted by Crippen LogP contribution is -2.31. The van der Waals surface area contributed by atoms with Gasteiger partial charge in [-0.3, -0.25) is 9.89 Å². The molecule has 1 saturated heterocycles. The van der Waals surface area contributed by atoms with Crippen LogP contribution in [-0.2, 0) is 0 Å². The second-order valence-electron chi connectivity index (χ2n) is 8.00. The van der Waals surface area contributed by atoms with Crippen LogP contribution in [0, 0.1) is 0 Å². The van der Waals surface area contributed by atoms with Crippen molar-refractivity contribution in [1.82, 2.24) is 20.3 Å². The number of rotatable bonds is 4. The fourth-order valence-electron chi connectivity index (χ4n) is 4.37. The number of carbonyl (C=O) groups excluding carboxylic acids is 1. The van der Waals surface area contributed by atoms with E-state index in [0.717, 1.165) is 54.9 Å². The highest BCUT2D eigenvalue weighted by molar-refractivity contribution is 5.95. The molecule has 2 aromatic rings. The molecule has 2 aliphatic rings. The molecule has 6 nitrogen and oxygen atoms in total. The average Bonchev–Trinajstić information content (AvgIpc) is 3.41. The molecule has 1 amide bonds. The highest BCUT2D eigenvalue weighted by Gasteiger charge is 2.35. The number of hydrogen-bond donors (Lipinski definition) is 1. The lowest BCUT2D eigenvalue weighted by atomic mass is 9.85. The van der Waals surface area contributed by atoms with Gasteiger partial charge in [-0.1, -0.05) is 38.3 Å². The molecule has 140 valence electrons. The molecule has 1 N–H and O–H groups in total. The molecule has 1 aliphatic carbocycles. The average molecular weight is 356 g/mol. The van der Waals surface area contributed by atoms with Gasteiger partial charge in [0, 0.05) is 24.4 Å². The van der Waals surface area contributed by atoms with Crippen LogP contribution in [-0.4, -0.2) is 32.7 Å². The van der Waals surface area contributed by atoms with Crippen molar-refractivity contribution in [1.29, 1.82) is 0 Å². The van der Waals surface area contributed by atoms with E-state index in [9.17, 15) is 4.79 Å². The number of H-pyrrole nitrogens is 1. The van der Waals surface area contributed by atoms with Crippen molar-refractivity contribution in [3.8, 4) is 0 Å². The first kappa shape index (κ1) is 17.3. The Balaban J connectivity index is 1.56. The lowest BCUT2D eigenvalue weighted by Gasteiger charge is -2.25. The smallest absolute Gasteiger partial charge is 0.257 e. The topological polar surface area (TPSA) is 75.0 Å². The van der Waals surface area contributed by atoms with E-state index in [2.05, 4.69) is 29.2 Å². The Morgan fingerprint density at radius 3 is 2.77 bits per heavy atom. The summed E-state index contributed by atoms with van der Waals surface area (Å²) in [5, 5.41) is 11.6. The zero-order chi connectivity index (χ0) is 18.1. The first-order valence-corrected chi connectivity index (χ1v) is 9.96. The Labute approximate surface area is 154 Å². The summed E-state index contributed by atoms with van der Waals surface area (Å²) < 4.78 is 5.47. The molecule has 0 spiro atoms. The van der Waals surface area contributed by atoms with Gasteiger partial charge in [0.25, 0.3) is 5.91 Å². The maximum Gasteiger partial charge on any atom is 0.257 e. The lowest BCUT2D eigenvalue weighted by molar-refractivity contribution is 0.0729. The number of nitrogens with zero attached hydrogens (tertiary/aromatic N) is 3. The molecule has 0 radical (unpaired) electrons. The first-order chi connectivity index (χ1) is 12.6. The summed E-state index contributed by atoms with van der Waals surface area (Å²) in [6, 6.07) is 2.02. The number of aromatic nitrogens is 3. The largest absolute Gasteiger partial charge is 0.361 e. The van der Waals surface area contributed by atoms with E-state index < -0.39 is 0 Å². The van der Waals surface area contributed by atoms with Crippen LogP contribution in [0.1, 0.15) is 104 Å². The Bertz CT molecular complexity index is 757. The standard InChI is InChI=1S/C20H28N4O2/c1-13(2)18-11-16(23-26-18)17-9-6-10-24(17)20(25)15-12-21-22-19(15)14-7-4-3-5-8-14/h11-14,17H,3-10H2,1-2H3,(H,21,22)/t17-/m1/s1. The first-order valence-electron chi connectivity index (χ1n) is 9.96. The van der Waals surface area contributed by atoms with Crippen LogP contribution in [0.3, 0.4) is 0 Å². The molecule has 0 aromatic carbocycles. The van der Waals surface area contributed by atoms with Crippen LogP contribution < -0.4 is 0 Å². The summed E-state index contributed by atoms with van der Waals surface area (Å²) in [5.74, 6) is 1.70. The van der Waals surface area contributed by atoms with Crippen molar-refractivity contribution in [2.24, 2.45) is 0 Å². The minimum atomic E-state index is 0.00727. The second-order valence-corrected chi connectivity index (χ2v) is 8.00. The third kappa shape index (κ3) is 3.17. The Morgan fingerprint density at radius 2 is 2.04 bits per heavy atom. The van der Waals surface area contributed by atoms with Crippen molar-refractivity contribution in [2.75, 3.05) is 6.54 Å². The van der Waals surface area contributed by atoms with Crippen LogP contribution in [0.25, 0.3) is 0 Å². The number of likely N-dealkylation sites (tertiary alicyclic amines) is 1. The number of amides is 1. The minimum absolute atomic E-state index is 0.00727. The molecule has 3 heterocycles. The van der Waals surface area contributed by atoms with E-state index in [0.29, 0.717) is 11.8 Å². The van der Waals surface area contributed by atoms with Crippen molar-refractivity contribution in [2.45, 2.75) is 76.7 Å². The summed E-state index contributed by atoms with van der Waals surface area (Å²) in [7, 11) is 0. The third-order valence-electron chi connectivity index (χ3n) is 5.88. The van der Waals surface area contributed by atoms with E-state index in [1.807, 2.05) is 11.0 Å². The monoisotopic (exact) mass is 356 g/mol. The van der Waals surface area contributed by atoms with Crippen LogP contribution >= 0.6 is 0 Å². The number of carbonyl (C=O) groups is 1. The van der Waals surface area contributed by atoms with Gasteiger partial charge >= 0.3 is 0 Å². The van der Waals surface area contributed by atoms with E-state index >= 15 is 0 Å². The molecule has 4 rings (SSSR count). The molecule has 26 heavy (non-hydrogen) atoms. The van der Waals surface area contributed by atoms with Crippen LogP contribution in [0.4, 0.5) is 0 Å².